The summed E-state index contributed by atoms with van der Waals surface area (Å²) < 4.78 is 25.9. The quantitative estimate of drug-likeness (QED) is 0.396. The molecule has 0 aliphatic carbocycles. The van der Waals surface area contributed by atoms with Crippen molar-refractivity contribution in [2.24, 2.45) is 0 Å². The Morgan fingerprint density at radius 1 is 0.935 bits per heavy atom. The molecule has 1 aliphatic heterocycles. The van der Waals surface area contributed by atoms with E-state index in [2.05, 4.69) is 5.32 Å². The van der Waals surface area contributed by atoms with Crippen molar-refractivity contribution in [2.75, 3.05) is 5.32 Å². The molecule has 0 saturated carbocycles. The van der Waals surface area contributed by atoms with Crippen LogP contribution in [0, 0.1) is 0 Å². The number of carbonyl (C=O) groups is 1. The second-order valence-electron chi connectivity index (χ2n) is 6.73. The maximum atomic E-state index is 12.9. The van der Waals surface area contributed by atoms with Crippen LogP contribution in [0.15, 0.2) is 75.4 Å². The number of halogens is 3. The summed E-state index contributed by atoms with van der Waals surface area (Å²) in [5, 5.41) is 3.96. The molecule has 1 heterocycles. The number of thioether (sulfide) groups is 1. The van der Waals surface area contributed by atoms with Gasteiger partial charge in [-0.05, 0) is 54.1 Å². The molecule has 0 bridgehead atoms. The van der Waals surface area contributed by atoms with Crippen molar-refractivity contribution < 1.29 is 13.2 Å². The summed E-state index contributed by atoms with van der Waals surface area (Å²) in [5.41, 5.74) is 1.62. The highest BCUT2D eigenvalue weighted by atomic mass is 35.5. The Kier molecular flexibility index (Phi) is 6.37. The fourth-order valence-corrected chi connectivity index (χ4v) is 6.16. The summed E-state index contributed by atoms with van der Waals surface area (Å²) in [4.78, 5) is 13.9. The van der Waals surface area contributed by atoms with Crippen molar-refractivity contribution in [1.29, 1.82) is 0 Å². The molecule has 0 atom stereocenters. The van der Waals surface area contributed by atoms with Gasteiger partial charge < -0.3 is 5.32 Å². The minimum absolute atomic E-state index is 0.0771. The van der Waals surface area contributed by atoms with Gasteiger partial charge in [0.25, 0.3) is 5.91 Å². The zero-order chi connectivity index (χ0) is 22.2. The van der Waals surface area contributed by atoms with E-state index in [9.17, 15) is 13.2 Å². The number of benzene rings is 3. The van der Waals surface area contributed by atoms with Gasteiger partial charge in [0, 0.05) is 25.5 Å². The lowest BCUT2D eigenvalue weighted by atomic mass is 10.2. The number of hydrogen-bond donors (Lipinski definition) is 1. The molecule has 4 nitrogen and oxygen atoms in total. The van der Waals surface area contributed by atoms with Crippen molar-refractivity contribution in [3.05, 3.63) is 91.8 Å². The Hall–Kier alpha value is -1.96. The largest absolute Gasteiger partial charge is 0.320 e. The topological polar surface area (TPSA) is 63.2 Å². The summed E-state index contributed by atoms with van der Waals surface area (Å²) in [6.07, 6.45) is 1.75. The number of nitrogens with one attached hydrogen (secondary N) is 1. The van der Waals surface area contributed by atoms with Crippen LogP contribution in [0.5, 0.6) is 0 Å². The molecule has 0 aromatic heterocycles. The molecule has 158 valence electrons. The van der Waals surface area contributed by atoms with Crippen molar-refractivity contribution in [1.82, 2.24) is 0 Å². The lowest BCUT2D eigenvalue weighted by Crippen LogP contribution is -2.18. The third kappa shape index (κ3) is 4.94. The highest BCUT2D eigenvalue weighted by Gasteiger charge is 2.25. The first-order valence-corrected chi connectivity index (χ1v) is 12.6. The number of fused-ring (bicyclic) bond motifs is 1. The first-order valence-electron chi connectivity index (χ1n) is 8.99. The third-order valence-corrected chi connectivity index (χ3v) is 8.27. The van der Waals surface area contributed by atoms with Crippen LogP contribution < -0.4 is 5.32 Å². The summed E-state index contributed by atoms with van der Waals surface area (Å²) >= 11 is 19.4. The molecule has 0 fully saturated rings. The zero-order valence-corrected chi connectivity index (χ0v) is 19.6. The lowest BCUT2D eigenvalue weighted by molar-refractivity contribution is -0.112. The van der Waals surface area contributed by atoms with Crippen molar-refractivity contribution in [3.63, 3.8) is 0 Å². The fraction of sp³-hybridized carbons (Fsp3) is 0.0455. The van der Waals surface area contributed by atoms with Crippen LogP contribution in [0.4, 0.5) is 5.69 Å². The number of rotatable bonds is 4. The normalized spacial score (nSPS) is 14.9. The molecule has 0 radical (unpaired) electrons. The third-order valence-electron chi connectivity index (χ3n) is 4.57. The van der Waals surface area contributed by atoms with E-state index in [1.165, 1.54) is 23.9 Å². The van der Waals surface area contributed by atoms with Crippen molar-refractivity contribution in [2.45, 2.75) is 15.5 Å². The predicted molar refractivity (Wildman–Crippen MR) is 128 cm³/mol. The maximum absolute atomic E-state index is 12.9. The van der Waals surface area contributed by atoms with Crippen LogP contribution in [-0.4, -0.2) is 14.3 Å². The Morgan fingerprint density at radius 2 is 1.61 bits per heavy atom. The lowest BCUT2D eigenvalue weighted by Gasteiger charge is -2.19. The molecule has 3 aromatic carbocycles. The second kappa shape index (κ2) is 8.88. The van der Waals surface area contributed by atoms with Crippen LogP contribution in [-0.2, 0) is 20.4 Å². The molecular formula is C22H14Cl3NO3S2. The predicted octanol–water partition coefficient (Wildman–Crippen LogP) is 6.71. The van der Waals surface area contributed by atoms with Crippen LogP contribution in [0.3, 0.4) is 0 Å². The van der Waals surface area contributed by atoms with E-state index in [1.807, 2.05) is 12.1 Å². The van der Waals surface area contributed by atoms with Crippen LogP contribution in [0.2, 0.25) is 15.1 Å². The molecular weight excluding hydrogens is 497 g/mol. The average molecular weight is 511 g/mol. The van der Waals surface area contributed by atoms with Crippen molar-refractivity contribution >= 4 is 74.1 Å². The summed E-state index contributed by atoms with van der Waals surface area (Å²) in [6.45, 7) is 0. The first kappa shape index (κ1) is 22.2. The Balaban J connectivity index is 1.62. The smallest absolute Gasteiger partial charge is 0.262 e. The Bertz CT molecular complexity index is 1300. The molecule has 0 saturated heterocycles. The first-order chi connectivity index (χ1) is 14.7. The zero-order valence-electron chi connectivity index (χ0n) is 15.7. The van der Waals surface area contributed by atoms with Gasteiger partial charge in [-0.3, -0.25) is 4.79 Å². The van der Waals surface area contributed by atoms with E-state index < -0.39 is 9.84 Å². The van der Waals surface area contributed by atoms with E-state index in [-0.39, 0.29) is 26.6 Å². The minimum atomic E-state index is -3.73. The van der Waals surface area contributed by atoms with Gasteiger partial charge >= 0.3 is 0 Å². The van der Waals surface area contributed by atoms with E-state index >= 15 is 0 Å². The average Bonchev–Trinajstić information content (AvgIpc) is 2.72. The van der Waals surface area contributed by atoms with Gasteiger partial charge in [0.1, 0.15) is 0 Å². The second-order valence-corrected chi connectivity index (χ2v) is 11.1. The maximum Gasteiger partial charge on any atom is 0.262 e. The van der Waals surface area contributed by atoms with Gasteiger partial charge in [0.05, 0.1) is 21.2 Å². The molecule has 31 heavy (non-hydrogen) atoms. The summed E-state index contributed by atoms with van der Waals surface area (Å²) in [6, 6.07) is 16.6. The van der Waals surface area contributed by atoms with E-state index in [1.54, 1.807) is 42.5 Å². The Morgan fingerprint density at radius 3 is 2.29 bits per heavy atom. The number of amides is 1. The fourth-order valence-electron chi connectivity index (χ4n) is 2.99. The molecule has 1 N–H and O–H groups in total. The number of carbonyl (C=O) groups excluding carboxylic acids is 1. The molecule has 4 rings (SSSR count). The number of hydrogen-bond acceptors (Lipinski definition) is 4. The van der Waals surface area contributed by atoms with Gasteiger partial charge in [-0.2, -0.15) is 0 Å². The Labute approximate surface area is 199 Å². The van der Waals surface area contributed by atoms with Gasteiger partial charge in [0.2, 0.25) is 0 Å². The van der Waals surface area contributed by atoms with Gasteiger partial charge in [0.15, 0.2) is 9.84 Å². The van der Waals surface area contributed by atoms with Crippen molar-refractivity contribution in [3.8, 4) is 0 Å². The molecule has 0 spiro atoms. The molecule has 1 amide bonds. The highest BCUT2D eigenvalue weighted by Crippen LogP contribution is 2.40. The van der Waals surface area contributed by atoms with Gasteiger partial charge in [-0.25, -0.2) is 8.42 Å². The van der Waals surface area contributed by atoms with E-state index in [0.29, 0.717) is 21.2 Å². The standard InChI is InChI=1S/C22H14Cl3NO3S2/c23-14-6-4-13(5-7-14)10-21-22(27)26-19-11-15(8-9-20(19)30-21)31(28,29)12-16-17(24)2-1-3-18(16)25/h1-11H,12H2,(H,26,27). The molecule has 0 unspecified atom stereocenters. The summed E-state index contributed by atoms with van der Waals surface area (Å²) in [5.74, 6) is -0.649. The van der Waals surface area contributed by atoms with Crippen LogP contribution >= 0.6 is 46.6 Å². The number of sulfone groups is 1. The number of anilines is 1. The minimum Gasteiger partial charge on any atom is -0.320 e. The molecule has 9 heteroatoms. The SMILES string of the molecule is O=C1Nc2cc(S(=O)(=O)Cc3c(Cl)cccc3Cl)ccc2SC1=Cc1ccc(Cl)cc1. The van der Waals surface area contributed by atoms with Gasteiger partial charge in [-0.1, -0.05) is 64.8 Å². The van der Waals surface area contributed by atoms with Crippen LogP contribution in [0.25, 0.3) is 6.08 Å². The van der Waals surface area contributed by atoms with E-state index in [0.717, 1.165) is 10.5 Å². The molecule has 3 aromatic rings. The highest BCUT2D eigenvalue weighted by molar-refractivity contribution is 8.04. The monoisotopic (exact) mass is 509 g/mol. The van der Waals surface area contributed by atoms with E-state index in [4.69, 9.17) is 34.8 Å². The molecule has 1 aliphatic rings. The summed E-state index contributed by atoms with van der Waals surface area (Å²) in [7, 11) is -3.73. The van der Waals surface area contributed by atoms with Gasteiger partial charge in [-0.15, -0.1) is 0 Å². The van der Waals surface area contributed by atoms with Crippen LogP contribution in [0.1, 0.15) is 11.1 Å².